The average Bonchev–Trinajstić information content (AvgIpc) is 3.07. The molecule has 1 atom stereocenters. The highest BCUT2D eigenvalue weighted by molar-refractivity contribution is 6.24. The number of piperidine rings is 1. The number of nitrogens with two attached hydrogens (primary N) is 1. The van der Waals surface area contributed by atoms with Crippen LogP contribution in [0.15, 0.2) is 18.2 Å². The van der Waals surface area contributed by atoms with E-state index in [-0.39, 0.29) is 42.9 Å². The van der Waals surface area contributed by atoms with Gasteiger partial charge in [0, 0.05) is 24.7 Å². The van der Waals surface area contributed by atoms with Crippen LogP contribution in [0.4, 0.5) is 0 Å². The lowest BCUT2D eigenvalue weighted by atomic mass is 10.0. The number of ether oxygens (including phenoxy) is 3. The predicted molar refractivity (Wildman–Crippen MR) is 117 cm³/mol. The Morgan fingerprint density at radius 2 is 1.85 bits per heavy atom. The molecule has 0 saturated carbocycles. The van der Waals surface area contributed by atoms with Crippen LogP contribution in [0.1, 0.15) is 33.6 Å². The Bertz CT molecular complexity index is 972. The first kappa shape index (κ1) is 25.6. The number of carbonyl (C=O) groups excluding carboxylic acids is 5. The highest BCUT2D eigenvalue weighted by Gasteiger charge is 2.46. The van der Waals surface area contributed by atoms with Crippen molar-refractivity contribution in [1.29, 1.82) is 0 Å². The first-order valence-electron chi connectivity index (χ1n) is 10.6. The zero-order valence-electron chi connectivity index (χ0n) is 18.3. The van der Waals surface area contributed by atoms with Gasteiger partial charge in [0.05, 0.1) is 44.1 Å². The summed E-state index contributed by atoms with van der Waals surface area (Å²) in [5.74, 6) is -3.15. The standard InChI is InChI=1S/C21H25ClN4O8/c22-25(7-9-33-11-10-32-8-6-23)17(28)12-34-15-3-1-2-13-18(15)21(31)26(20(13)30)14-4-5-16(27)24-19(14)29/h1-3,14H,4-12,23H2,(H,24,27,29). The van der Waals surface area contributed by atoms with Crippen molar-refractivity contribution in [2.75, 3.05) is 46.1 Å². The summed E-state index contributed by atoms with van der Waals surface area (Å²) in [6.45, 7) is 1.33. The van der Waals surface area contributed by atoms with Crippen molar-refractivity contribution in [3.8, 4) is 5.75 Å². The summed E-state index contributed by atoms with van der Waals surface area (Å²) >= 11 is 5.96. The summed E-state index contributed by atoms with van der Waals surface area (Å²) in [5, 5.41) is 2.13. The fourth-order valence-corrected chi connectivity index (χ4v) is 3.61. The Balaban J connectivity index is 1.56. The van der Waals surface area contributed by atoms with Gasteiger partial charge >= 0.3 is 0 Å². The summed E-state index contributed by atoms with van der Waals surface area (Å²) in [6.07, 6.45) is 0.0465. The maximum atomic E-state index is 13.0. The minimum absolute atomic E-state index is 0.0114. The highest BCUT2D eigenvalue weighted by atomic mass is 35.5. The van der Waals surface area contributed by atoms with Gasteiger partial charge in [-0.1, -0.05) is 6.07 Å². The Kier molecular flexibility index (Phi) is 8.93. The second-order valence-electron chi connectivity index (χ2n) is 7.41. The molecule has 0 radical (unpaired) electrons. The number of imide groups is 2. The molecule has 3 rings (SSSR count). The van der Waals surface area contributed by atoms with E-state index < -0.39 is 42.2 Å². The van der Waals surface area contributed by atoms with Gasteiger partial charge in [-0.25, -0.2) is 4.42 Å². The van der Waals surface area contributed by atoms with Crippen LogP contribution in [0.5, 0.6) is 5.75 Å². The zero-order valence-corrected chi connectivity index (χ0v) is 19.0. The molecule has 12 nitrogen and oxygen atoms in total. The van der Waals surface area contributed by atoms with E-state index in [2.05, 4.69) is 5.32 Å². The molecule has 5 amide bonds. The van der Waals surface area contributed by atoms with Crippen LogP contribution >= 0.6 is 11.8 Å². The van der Waals surface area contributed by atoms with Gasteiger partial charge in [-0.2, -0.15) is 0 Å². The molecule has 2 heterocycles. The number of benzene rings is 1. The monoisotopic (exact) mass is 496 g/mol. The lowest BCUT2D eigenvalue weighted by molar-refractivity contribution is -0.136. The van der Waals surface area contributed by atoms with Gasteiger partial charge in [0.1, 0.15) is 11.8 Å². The maximum absolute atomic E-state index is 13.0. The minimum atomic E-state index is -1.10. The number of nitrogens with one attached hydrogen (secondary N) is 1. The summed E-state index contributed by atoms with van der Waals surface area (Å²) < 4.78 is 16.9. The van der Waals surface area contributed by atoms with Crippen LogP contribution in [0.25, 0.3) is 0 Å². The quantitative estimate of drug-likeness (QED) is 0.220. The molecule has 1 aromatic rings. The minimum Gasteiger partial charge on any atom is -0.483 e. The molecule has 184 valence electrons. The number of hydrogen-bond donors (Lipinski definition) is 2. The number of rotatable bonds is 12. The summed E-state index contributed by atoms with van der Waals surface area (Å²) in [4.78, 5) is 62.5. The maximum Gasteiger partial charge on any atom is 0.274 e. The van der Waals surface area contributed by atoms with Crippen molar-refractivity contribution in [2.45, 2.75) is 18.9 Å². The first-order chi connectivity index (χ1) is 16.3. The van der Waals surface area contributed by atoms with Gasteiger partial charge in [0.15, 0.2) is 6.61 Å². The van der Waals surface area contributed by atoms with E-state index in [9.17, 15) is 24.0 Å². The van der Waals surface area contributed by atoms with Gasteiger partial charge in [0.2, 0.25) is 11.8 Å². The second-order valence-corrected chi connectivity index (χ2v) is 7.82. The lowest BCUT2D eigenvalue weighted by Gasteiger charge is -2.27. The lowest BCUT2D eigenvalue weighted by Crippen LogP contribution is -2.54. The summed E-state index contributed by atoms with van der Waals surface area (Å²) in [6, 6.07) is 3.27. The number of carbonyl (C=O) groups is 5. The van der Waals surface area contributed by atoms with Crippen LogP contribution < -0.4 is 15.8 Å². The van der Waals surface area contributed by atoms with E-state index in [0.717, 1.165) is 9.32 Å². The molecule has 2 aliphatic heterocycles. The fraction of sp³-hybridized carbons (Fsp3) is 0.476. The van der Waals surface area contributed by atoms with Gasteiger partial charge in [-0.05, 0) is 18.6 Å². The van der Waals surface area contributed by atoms with Crippen molar-refractivity contribution in [3.05, 3.63) is 29.3 Å². The highest BCUT2D eigenvalue weighted by Crippen LogP contribution is 2.33. The third-order valence-corrected chi connectivity index (χ3v) is 5.48. The van der Waals surface area contributed by atoms with Crippen LogP contribution in [-0.4, -0.2) is 91.0 Å². The Morgan fingerprint density at radius 1 is 1.12 bits per heavy atom. The van der Waals surface area contributed by atoms with Crippen molar-refractivity contribution < 1.29 is 38.2 Å². The Morgan fingerprint density at radius 3 is 2.56 bits per heavy atom. The largest absolute Gasteiger partial charge is 0.483 e. The zero-order chi connectivity index (χ0) is 24.7. The molecule has 0 spiro atoms. The van der Waals surface area contributed by atoms with Crippen molar-refractivity contribution in [3.63, 3.8) is 0 Å². The predicted octanol–water partition coefficient (Wildman–Crippen LogP) is -0.559. The van der Waals surface area contributed by atoms with Crippen LogP contribution in [0.2, 0.25) is 0 Å². The molecule has 34 heavy (non-hydrogen) atoms. The van der Waals surface area contributed by atoms with Crippen LogP contribution in [-0.2, 0) is 23.9 Å². The molecule has 0 bridgehead atoms. The first-order valence-corrected chi connectivity index (χ1v) is 11.0. The smallest absolute Gasteiger partial charge is 0.274 e. The number of fused-ring (bicyclic) bond motifs is 1. The summed E-state index contributed by atoms with van der Waals surface area (Å²) in [5.41, 5.74) is 5.30. The normalized spacial score (nSPS) is 17.6. The van der Waals surface area contributed by atoms with E-state index >= 15 is 0 Å². The third kappa shape index (κ3) is 5.89. The molecular formula is C21H25ClN4O8. The molecule has 1 unspecified atom stereocenters. The van der Waals surface area contributed by atoms with Crippen LogP contribution in [0.3, 0.4) is 0 Å². The van der Waals surface area contributed by atoms with Gasteiger partial charge in [0.25, 0.3) is 17.7 Å². The number of amides is 5. The third-order valence-electron chi connectivity index (χ3n) is 5.12. The molecule has 1 fully saturated rings. The van der Waals surface area contributed by atoms with Crippen molar-refractivity contribution in [2.24, 2.45) is 5.73 Å². The van der Waals surface area contributed by atoms with Gasteiger partial charge < -0.3 is 19.9 Å². The fourth-order valence-electron chi connectivity index (χ4n) is 3.49. The van der Waals surface area contributed by atoms with E-state index in [4.69, 9.17) is 31.7 Å². The molecule has 13 heteroatoms. The van der Waals surface area contributed by atoms with E-state index in [1.165, 1.54) is 18.2 Å². The van der Waals surface area contributed by atoms with Crippen molar-refractivity contribution in [1.82, 2.24) is 14.6 Å². The number of hydrogen-bond acceptors (Lipinski definition) is 9. The Hall–Kier alpha value is -3.06. The SMILES string of the molecule is NCCOCCOCCN(Cl)C(=O)COc1cccc2c1C(=O)N(C1CCC(=O)NC1=O)C2=O. The molecule has 0 aliphatic carbocycles. The number of nitrogens with zero attached hydrogens (tertiary/aromatic N) is 2. The average molecular weight is 497 g/mol. The topological polar surface area (TPSA) is 158 Å². The van der Waals surface area contributed by atoms with Gasteiger partial charge in [-0.3, -0.25) is 34.2 Å². The molecule has 1 saturated heterocycles. The Labute approximate surface area is 200 Å². The number of halogens is 1. The summed E-state index contributed by atoms with van der Waals surface area (Å²) in [7, 11) is 0. The molecule has 3 N–H and O–H groups in total. The van der Waals surface area contributed by atoms with E-state index in [0.29, 0.717) is 26.4 Å². The molecule has 2 aliphatic rings. The molecule has 1 aromatic carbocycles. The van der Waals surface area contributed by atoms with Crippen LogP contribution in [0, 0.1) is 0 Å². The van der Waals surface area contributed by atoms with E-state index in [1.54, 1.807) is 0 Å². The van der Waals surface area contributed by atoms with E-state index in [1.807, 2.05) is 0 Å². The molecular weight excluding hydrogens is 472 g/mol. The second kappa shape index (κ2) is 11.9. The van der Waals surface area contributed by atoms with Crippen molar-refractivity contribution >= 4 is 41.3 Å². The van der Waals surface area contributed by atoms with Gasteiger partial charge in [-0.15, -0.1) is 0 Å². The molecule has 0 aromatic heterocycles.